The van der Waals surface area contributed by atoms with Crippen molar-refractivity contribution in [3.63, 3.8) is 0 Å². The lowest BCUT2D eigenvalue weighted by atomic mass is 10.0. The molecule has 0 aromatic heterocycles. The van der Waals surface area contributed by atoms with E-state index in [2.05, 4.69) is 6.92 Å². The van der Waals surface area contributed by atoms with E-state index in [9.17, 15) is 14.7 Å². The minimum atomic E-state index is -0.914. The van der Waals surface area contributed by atoms with E-state index in [4.69, 9.17) is 0 Å². The first-order valence-electron chi connectivity index (χ1n) is 9.73. The number of hydrogen-bond acceptors (Lipinski definition) is 2. The van der Waals surface area contributed by atoms with E-state index in [0.29, 0.717) is 13.1 Å². The fourth-order valence-electron chi connectivity index (χ4n) is 2.79. The number of nitrogens with zero attached hydrogens (tertiary/aromatic N) is 1. The lowest BCUT2D eigenvalue weighted by molar-refractivity contribution is -0.144. The van der Waals surface area contributed by atoms with Gasteiger partial charge in [-0.3, -0.25) is 9.59 Å². The summed E-state index contributed by atoms with van der Waals surface area (Å²) >= 11 is 0. The highest BCUT2D eigenvalue weighted by Crippen LogP contribution is 2.12. The van der Waals surface area contributed by atoms with E-state index < -0.39 is 11.9 Å². The van der Waals surface area contributed by atoms with Gasteiger partial charge in [-0.15, -0.1) is 0 Å². The van der Waals surface area contributed by atoms with E-state index in [0.717, 1.165) is 12.8 Å². The Balaban J connectivity index is 3.97. The Labute approximate surface area is 148 Å². The monoisotopic (exact) mass is 339 g/mol. The maximum atomic E-state index is 12.0. The third-order valence-corrected chi connectivity index (χ3v) is 4.42. The van der Waals surface area contributed by atoms with Gasteiger partial charge in [0, 0.05) is 19.5 Å². The average Bonchev–Trinajstić information content (AvgIpc) is 2.56. The second-order valence-electron chi connectivity index (χ2n) is 6.41. The summed E-state index contributed by atoms with van der Waals surface area (Å²) < 4.78 is 0. The van der Waals surface area contributed by atoms with Gasteiger partial charge in [0.05, 0.1) is 5.92 Å². The summed E-state index contributed by atoms with van der Waals surface area (Å²) in [5.41, 5.74) is 0. The zero-order valence-electron chi connectivity index (χ0n) is 15.9. The van der Waals surface area contributed by atoms with Crippen molar-refractivity contribution >= 4 is 11.9 Å². The van der Waals surface area contributed by atoms with Crippen LogP contribution in [0.1, 0.15) is 85.0 Å². The minimum Gasteiger partial charge on any atom is -0.481 e. The number of carbonyl (C=O) groups is 2. The number of amides is 1. The lowest BCUT2D eigenvalue weighted by Crippen LogP contribution is -2.33. The van der Waals surface area contributed by atoms with E-state index in [1.807, 2.05) is 19.9 Å². The van der Waals surface area contributed by atoms with E-state index >= 15 is 0 Å². The molecule has 24 heavy (non-hydrogen) atoms. The molecule has 0 bridgehead atoms. The molecule has 0 spiro atoms. The molecule has 0 aliphatic carbocycles. The number of carboxylic acid groups (broad SMARTS) is 1. The summed E-state index contributed by atoms with van der Waals surface area (Å²) in [5, 5.41) is 9.27. The van der Waals surface area contributed by atoms with Gasteiger partial charge in [0.25, 0.3) is 0 Å². The Morgan fingerprint density at radius 1 is 0.917 bits per heavy atom. The summed E-state index contributed by atoms with van der Waals surface area (Å²) in [6.07, 6.45) is 14.8. The molecular formula is C20H37NO3. The van der Waals surface area contributed by atoms with Gasteiger partial charge in [-0.2, -0.15) is 0 Å². The van der Waals surface area contributed by atoms with Crippen molar-refractivity contribution in [3.8, 4) is 0 Å². The van der Waals surface area contributed by atoms with Crippen LogP contribution in [0.5, 0.6) is 0 Å². The molecule has 0 radical (unpaired) electrons. The first-order valence-corrected chi connectivity index (χ1v) is 9.73. The third kappa shape index (κ3) is 11.3. The predicted octanol–water partition coefficient (Wildman–Crippen LogP) is 5.03. The third-order valence-electron chi connectivity index (χ3n) is 4.42. The molecule has 1 atom stereocenters. The number of carbonyl (C=O) groups excluding carboxylic acids is 1. The number of unbranched alkanes of at least 4 members (excludes halogenated alkanes) is 8. The van der Waals surface area contributed by atoms with Crippen molar-refractivity contribution in [2.75, 3.05) is 13.1 Å². The molecule has 4 heteroatoms. The van der Waals surface area contributed by atoms with Crippen LogP contribution in [-0.2, 0) is 9.59 Å². The van der Waals surface area contributed by atoms with Crippen LogP contribution in [0.4, 0.5) is 0 Å². The van der Waals surface area contributed by atoms with Crippen LogP contribution in [0.2, 0.25) is 0 Å². The van der Waals surface area contributed by atoms with Gasteiger partial charge in [0.1, 0.15) is 0 Å². The first-order chi connectivity index (χ1) is 11.6. The Hall–Kier alpha value is -1.32. The fraction of sp³-hybridized carbons (Fsp3) is 0.800. The molecule has 0 saturated heterocycles. The Morgan fingerprint density at radius 3 is 1.96 bits per heavy atom. The largest absolute Gasteiger partial charge is 0.481 e. The number of hydrogen-bond donors (Lipinski definition) is 1. The molecule has 0 fully saturated rings. The summed E-state index contributed by atoms with van der Waals surface area (Å²) in [6, 6.07) is 0. The molecule has 140 valence electrons. The van der Waals surface area contributed by atoms with Gasteiger partial charge in [0.2, 0.25) is 5.91 Å². The van der Waals surface area contributed by atoms with Crippen molar-refractivity contribution in [2.45, 2.75) is 85.0 Å². The van der Waals surface area contributed by atoms with Gasteiger partial charge in [-0.1, -0.05) is 64.0 Å². The summed E-state index contributed by atoms with van der Waals surface area (Å²) in [6.45, 7) is 7.31. The Bertz CT molecular complexity index is 362. The molecule has 0 rings (SSSR count). The van der Waals surface area contributed by atoms with Gasteiger partial charge >= 0.3 is 5.97 Å². The van der Waals surface area contributed by atoms with Gasteiger partial charge in [-0.05, 0) is 26.7 Å². The molecule has 0 aromatic rings. The predicted molar refractivity (Wildman–Crippen MR) is 100 cm³/mol. The lowest BCUT2D eigenvalue weighted by Gasteiger charge is -2.19. The van der Waals surface area contributed by atoms with Crippen molar-refractivity contribution in [1.29, 1.82) is 0 Å². The number of carboxylic acids is 1. The highest BCUT2D eigenvalue weighted by atomic mass is 16.4. The van der Waals surface area contributed by atoms with Crippen LogP contribution >= 0.6 is 0 Å². The van der Waals surface area contributed by atoms with Crippen LogP contribution in [0.25, 0.3) is 0 Å². The highest BCUT2D eigenvalue weighted by Gasteiger charge is 2.20. The van der Waals surface area contributed by atoms with Crippen molar-refractivity contribution in [2.24, 2.45) is 5.92 Å². The first kappa shape index (κ1) is 22.7. The number of rotatable bonds is 15. The van der Waals surface area contributed by atoms with E-state index in [1.54, 1.807) is 11.0 Å². The second-order valence-corrected chi connectivity index (χ2v) is 6.41. The normalized spacial score (nSPS) is 12.5. The Morgan fingerprint density at radius 2 is 1.46 bits per heavy atom. The van der Waals surface area contributed by atoms with Crippen molar-refractivity contribution in [1.82, 2.24) is 4.90 Å². The molecule has 4 nitrogen and oxygen atoms in total. The van der Waals surface area contributed by atoms with Crippen LogP contribution in [0.15, 0.2) is 12.2 Å². The zero-order valence-corrected chi connectivity index (χ0v) is 15.9. The SMILES string of the molecule is CCCCCCCCCC/C=C/C(CC(=O)N(CC)CC)C(=O)O. The van der Waals surface area contributed by atoms with Crippen molar-refractivity contribution < 1.29 is 14.7 Å². The topological polar surface area (TPSA) is 57.6 Å². The standard InChI is InChI=1S/C20H37NO3/c1-4-7-8-9-10-11-12-13-14-15-16-18(20(23)24)17-19(22)21(5-2)6-3/h15-16,18H,4-14,17H2,1-3H3,(H,23,24)/b16-15+. The average molecular weight is 340 g/mol. The molecule has 1 unspecified atom stereocenters. The van der Waals surface area contributed by atoms with Crippen LogP contribution in [-0.4, -0.2) is 35.0 Å². The summed E-state index contributed by atoms with van der Waals surface area (Å²) in [4.78, 5) is 25.0. The maximum Gasteiger partial charge on any atom is 0.310 e. The molecule has 1 N–H and O–H groups in total. The number of allylic oxidation sites excluding steroid dienone is 1. The van der Waals surface area contributed by atoms with Gasteiger partial charge < -0.3 is 10.0 Å². The van der Waals surface area contributed by atoms with E-state index in [1.165, 1.54) is 44.9 Å². The molecule has 0 saturated carbocycles. The molecule has 1 amide bonds. The fourth-order valence-corrected chi connectivity index (χ4v) is 2.79. The second kappa shape index (κ2) is 15.2. The number of aliphatic carboxylic acids is 1. The molecule has 0 heterocycles. The summed E-state index contributed by atoms with van der Waals surface area (Å²) in [5.74, 6) is -1.70. The van der Waals surface area contributed by atoms with E-state index in [-0.39, 0.29) is 12.3 Å². The minimum absolute atomic E-state index is 0.0605. The van der Waals surface area contributed by atoms with Gasteiger partial charge in [0.15, 0.2) is 0 Å². The highest BCUT2D eigenvalue weighted by molar-refractivity contribution is 5.83. The van der Waals surface area contributed by atoms with Crippen LogP contribution in [0, 0.1) is 5.92 Å². The summed E-state index contributed by atoms with van der Waals surface area (Å²) in [7, 11) is 0. The van der Waals surface area contributed by atoms with Crippen LogP contribution in [0.3, 0.4) is 0 Å². The van der Waals surface area contributed by atoms with Gasteiger partial charge in [-0.25, -0.2) is 0 Å². The molecule has 0 aromatic carbocycles. The quantitative estimate of drug-likeness (QED) is 0.336. The smallest absolute Gasteiger partial charge is 0.310 e. The molecule has 0 aliphatic heterocycles. The zero-order chi connectivity index (χ0) is 18.2. The van der Waals surface area contributed by atoms with Crippen LogP contribution < -0.4 is 0 Å². The molecule has 0 aliphatic rings. The van der Waals surface area contributed by atoms with Crippen molar-refractivity contribution in [3.05, 3.63) is 12.2 Å². The maximum absolute atomic E-state index is 12.0. The molecular weight excluding hydrogens is 302 g/mol. The Kier molecular flexibility index (Phi) is 14.4.